The first-order valence-electron chi connectivity index (χ1n) is 6.07. The number of ether oxygens (including phenoxy) is 1. The molecule has 0 aliphatic heterocycles. The van der Waals surface area contributed by atoms with Crippen molar-refractivity contribution in [3.63, 3.8) is 0 Å². The summed E-state index contributed by atoms with van der Waals surface area (Å²) in [5.41, 5.74) is 1.08. The Balaban J connectivity index is 2.00. The van der Waals surface area contributed by atoms with E-state index in [2.05, 4.69) is 31.5 Å². The van der Waals surface area contributed by atoms with Gasteiger partial charge in [0.15, 0.2) is 5.11 Å². The zero-order valence-electron chi connectivity index (χ0n) is 11.4. The van der Waals surface area contributed by atoms with E-state index in [1.807, 2.05) is 0 Å². The summed E-state index contributed by atoms with van der Waals surface area (Å²) in [4.78, 5) is 16.0. The number of carbonyl (C=O) groups is 1. The predicted molar refractivity (Wildman–Crippen MR) is 93.6 cm³/mol. The van der Waals surface area contributed by atoms with Crippen molar-refractivity contribution >= 4 is 56.5 Å². The maximum Gasteiger partial charge on any atom is 0.257 e. The van der Waals surface area contributed by atoms with Crippen molar-refractivity contribution in [3.05, 3.63) is 51.7 Å². The third kappa shape index (κ3) is 4.40. The fraction of sp³-hybridized carbons (Fsp3) is 0.0714. The number of rotatable bonds is 3. The lowest BCUT2D eigenvalue weighted by Crippen LogP contribution is -2.34. The summed E-state index contributed by atoms with van der Waals surface area (Å²) < 4.78 is 5.80. The second-order valence-corrected chi connectivity index (χ2v) is 5.78. The van der Waals surface area contributed by atoms with Crippen LogP contribution in [0.3, 0.4) is 0 Å². The number of aromatic nitrogens is 1. The quantitative estimate of drug-likeness (QED) is 0.608. The molecule has 1 aromatic carbocycles. The Morgan fingerprint density at radius 3 is 2.73 bits per heavy atom. The number of methoxy groups -OCH3 is 1. The van der Waals surface area contributed by atoms with Crippen molar-refractivity contribution in [1.82, 2.24) is 10.3 Å². The Hall–Kier alpha value is -1.70. The third-order valence-electron chi connectivity index (χ3n) is 2.63. The first-order valence-corrected chi connectivity index (χ1v) is 7.65. The van der Waals surface area contributed by atoms with Crippen LogP contribution in [0.5, 0.6) is 5.75 Å². The molecular weight excluding hydrogens is 390 g/mol. The molecule has 0 saturated heterocycles. The first kappa shape index (κ1) is 16.7. The summed E-state index contributed by atoms with van der Waals surface area (Å²) in [6.45, 7) is 0. The summed E-state index contributed by atoms with van der Waals surface area (Å²) in [6.07, 6.45) is 1.52. The monoisotopic (exact) mass is 399 g/mol. The molecule has 8 heteroatoms. The zero-order chi connectivity index (χ0) is 16.1. The number of hydrogen-bond donors (Lipinski definition) is 2. The smallest absolute Gasteiger partial charge is 0.257 e. The summed E-state index contributed by atoms with van der Waals surface area (Å²) in [7, 11) is 1.55. The highest BCUT2D eigenvalue weighted by Crippen LogP contribution is 2.25. The van der Waals surface area contributed by atoms with Crippen molar-refractivity contribution in [2.45, 2.75) is 0 Å². The van der Waals surface area contributed by atoms with Gasteiger partial charge in [0.2, 0.25) is 0 Å². The minimum Gasteiger partial charge on any atom is -0.496 e. The molecule has 0 unspecified atom stereocenters. The van der Waals surface area contributed by atoms with Crippen LogP contribution in [0.2, 0.25) is 5.15 Å². The van der Waals surface area contributed by atoms with Gasteiger partial charge < -0.3 is 10.1 Å². The van der Waals surface area contributed by atoms with Gasteiger partial charge in [0, 0.05) is 5.56 Å². The Morgan fingerprint density at radius 1 is 1.36 bits per heavy atom. The maximum absolute atomic E-state index is 12.1. The number of pyridine rings is 1. The molecule has 2 N–H and O–H groups in total. The molecule has 1 amide bonds. The van der Waals surface area contributed by atoms with Gasteiger partial charge in [-0.15, -0.1) is 0 Å². The van der Waals surface area contributed by atoms with Crippen molar-refractivity contribution in [3.8, 4) is 5.75 Å². The van der Waals surface area contributed by atoms with E-state index >= 15 is 0 Å². The van der Waals surface area contributed by atoms with E-state index in [1.165, 1.54) is 6.20 Å². The second kappa shape index (κ2) is 7.53. The van der Waals surface area contributed by atoms with E-state index in [-0.39, 0.29) is 11.0 Å². The van der Waals surface area contributed by atoms with Crippen molar-refractivity contribution in [2.75, 3.05) is 12.4 Å². The van der Waals surface area contributed by atoms with Crippen LogP contribution in [0, 0.1) is 0 Å². The maximum atomic E-state index is 12.1. The number of anilines is 1. The molecule has 0 spiro atoms. The zero-order valence-corrected chi connectivity index (χ0v) is 14.6. The van der Waals surface area contributed by atoms with Gasteiger partial charge in [-0.3, -0.25) is 10.1 Å². The number of halogens is 2. The molecule has 0 atom stereocenters. The molecule has 5 nitrogen and oxygen atoms in total. The van der Waals surface area contributed by atoms with E-state index in [1.54, 1.807) is 37.4 Å². The van der Waals surface area contributed by atoms with Crippen molar-refractivity contribution in [1.29, 1.82) is 0 Å². The topological polar surface area (TPSA) is 63.2 Å². The van der Waals surface area contributed by atoms with Gasteiger partial charge in [-0.25, -0.2) is 4.98 Å². The number of thiocarbonyl (C=S) groups is 1. The van der Waals surface area contributed by atoms with E-state index in [0.717, 1.165) is 0 Å². The molecular formula is C14H11BrClN3O2S. The SMILES string of the molecule is COc1ccc(C(=O)NC(=S)Nc2ccc(Cl)nc2)cc1Br. The highest BCUT2D eigenvalue weighted by atomic mass is 79.9. The highest BCUT2D eigenvalue weighted by Gasteiger charge is 2.10. The van der Waals surface area contributed by atoms with Gasteiger partial charge in [0.05, 0.1) is 23.5 Å². The van der Waals surface area contributed by atoms with Crippen LogP contribution >= 0.6 is 39.7 Å². The lowest BCUT2D eigenvalue weighted by atomic mass is 10.2. The summed E-state index contributed by atoms with van der Waals surface area (Å²) in [5.74, 6) is 0.312. The summed E-state index contributed by atoms with van der Waals surface area (Å²) in [6, 6.07) is 8.32. The lowest BCUT2D eigenvalue weighted by Gasteiger charge is -2.10. The van der Waals surface area contributed by atoms with Crippen LogP contribution in [0.25, 0.3) is 0 Å². The van der Waals surface area contributed by atoms with Crippen LogP contribution in [0.15, 0.2) is 41.0 Å². The molecule has 0 aliphatic rings. The number of hydrogen-bond acceptors (Lipinski definition) is 4. The predicted octanol–water partition coefficient (Wildman–Crippen LogP) is 3.63. The van der Waals surface area contributed by atoms with Crippen molar-refractivity contribution < 1.29 is 9.53 Å². The molecule has 2 aromatic rings. The van der Waals surface area contributed by atoms with E-state index in [9.17, 15) is 4.79 Å². The molecule has 0 aliphatic carbocycles. The highest BCUT2D eigenvalue weighted by molar-refractivity contribution is 9.10. The molecule has 22 heavy (non-hydrogen) atoms. The van der Waals surface area contributed by atoms with Crippen LogP contribution in [-0.4, -0.2) is 23.1 Å². The molecule has 0 radical (unpaired) electrons. The lowest BCUT2D eigenvalue weighted by molar-refractivity contribution is 0.0977. The number of nitrogens with zero attached hydrogens (tertiary/aromatic N) is 1. The number of nitrogens with one attached hydrogen (secondary N) is 2. The van der Waals surface area contributed by atoms with E-state index in [4.69, 9.17) is 28.6 Å². The van der Waals surface area contributed by atoms with Crippen LogP contribution in [0.4, 0.5) is 5.69 Å². The Labute approximate surface area is 146 Å². The largest absolute Gasteiger partial charge is 0.496 e. The normalized spacial score (nSPS) is 9.95. The fourth-order valence-electron chi connectivity index (χ4n) is 1.60. The van der Waals surface area contributed by atoms with Gasteiger partial charge >= 0.3 is 0 Å². The van der Waals surface area contributed by atoms with Crippen LogP contribution < -0.4 is 15.4 Å². The van der Waals surface area contributed by atoms with Crippen LogP contribution in [-0.2, 0) is 0 Å². The first-order chi connectivity index (χ1) is 10.5. The Bertz CT molecular complexity index is 710. The molecule has 2 rings (SSSR count). The van der Waals surface area contributed by atoms with Gasteiger partial charge in [0.1, 0.15) is 10.9 Å². The fourth-order valence-corrected chi connectivity index (χ4v) is 2.46. The molecule has 1 heterocycles. The Morgan fingerprint density at radius 2 is 2.14 bits per heavy atom. The number of benzene rings is 1. The van der Waals surface area contributed by atoms with Crippen molar-refractivity contribution in [2.24, 2.45) is 0 Å². The minimum absolute atomic E-state index is 0.168. The average molecular weight is 401 g/mol. The third-order valence-corrected chi connectivity index (χ3v) is 3.67. The van der Waals surface area contributed by atoms with Gasteiger partial charge in [0.25, 0.3) is 5.91 Å². The molecule has 0 fully saturated rings. The molecule has 114 valence electrons. The molecule has 0 bridgehead atoms. The average Bonchev–Trinajstić information content (AvgIpc) is 2.49. The van der Waals surface area contributed by atoms with Gasteiger partial charge in [-0.05, 0) is 58.5 Å². The minimum atomic E-state index is -0.331. The van der Waals surface area contributed by atoms with E-state index < -0.39 is 0 Å². The standard InChI is InChI=1S/C14H11BrClN3O2S/c1-21-11-4-2-8(6-10(11)15)13(20)19-14(22)18-9-3-5-12(16)17-7-9/h2-7H,1H3,(H2,18,19,20,22). The van der Waals surface area contributed by atoms with Gasteiger partial charge in [-0.2, -0.15) is 0 Å². The summed E-state index contributed by atoms with van der Waals surface area (Å²) in [5, 5.41) is 5.98. The molecule has 0 saturated carbocycles. The van der Waals surface area contributed by atoms with E-state index in [0.29, 0.717) is 26.6 Å². The second-order valence-electron chi connectivity index (χ2n) is 4.13. The number of amides is 1. The van der Waals surface area contributed by atoms with Gasteiger partial charge in [-0.1, -0.05) is 11.6 Å². The Kier molecular flexibility index (Phi) is 5.70. The summed E-state index contributed by atoms with van der Waals surface area (Å²) >= 11 is 14.1. The number of carbonyl (C=O) groups excluding carboxylic acids is 1. The molecule has 1 aromatic heterocycles. The van der Waals surface area contributed by atoms with Crippen LogP contribution in [0.1, 0.15) is 10.4 Å².